The lowest BCUT2D eigenvalue weighted by molar-refractivity contribution is -0.907. The molecular formula is C12H27N2+. The zero-order valence-corrected chi connectivity index (χ0v) is 10.3. The molecule has 1 rings (SSSR count). The van der Waals surface area contributed by atoms with Gasteiger partial charge in [-0.25, -0.2) is 0 Å². The normalized spacial score (nSPS) is 39.4. The van der Waals surface area contributed by atoms with Crippen LogP contribution in [0.3, 0.4) is 0 Å². The maximum Gasteiger partial charge on any atom is 0.0911 e. The van der Waals surface area contributed by atoms with Crippen LogP contribution in [-0.4, -0.2) is 44.8 Å². The number of likely N-dealkylation sites (N-methyl/N-ethyl adjacent to an activating group) is 2. The molecule has 0 bridgehead atoms. The fraction of sp³-hybridized carbons (Fsp3) is 1.00. The molecule has 0 aromatic carbocycles. The van der Waals surface area contributed by atoms with Crippen molar-refractivity contribution in [2.24, 2.45) is 11.8 Å². The van der Waals surface area contributed by atoms with Gasteiger partial charge in [-0.15, -0.1) is 0 Å². The third-order valence-corrected chi connectivity index (χ3v) is 4.12. The molecule has 0 spiro atoms. The molecule has 1 aliphatic heterocycles. The highest BCUT2D eigenvalue weighted by Crippen LogP contribution is 2.25. The van der Waals surface area contributed by atoms with Crippen LogP contribution in [0.15, 0.2) is 0 Å². The number of hydrogen-bond donors (Lipinski definition) is 1. The van der Waals surface area contributed by atoms with Crippen LogP contribution in [0.4, 0.5) is 0 Å². The minimum Gasteiger partial charge on any atom is -0.325 e. The summed E-state index contributed by atoms with van der Waals surface area (Å²) in [5, 5.41) is 3.27. The van der Waals surface area contributed by atoms with Gasteiger partial charge < -0.3 is 9.80 Å². The summed E-state index contributed by atoms with van der Waals surface area (Å²) in [6.45, 7) is 10.0. The Morgan fingerprint density at radius 3 is 2.07 bits per heavy atom. The van der Waals surface area contributed by atoms with Crippen LogP contribution >= 0.6 is 0 Å². The summed E-state index contributed by atoms with van der Waals surface area (Å²) in [5.41, 5.74) is 0. The number of rotatable bonds is 3. The van der Waals surface area contributed by atoms with Crippen LogP contribution in [0, 0.1) is 11.8 Å². The maximum absolute atomic E-state index is 3.27. The van der Waals surface area contributed by atoms with Crippen molar-refractivity contribution in [3.8, 4) is 0 Å². The molecule has 1 saturated heterocycles. The fourth-order valence-electron chi connectivity index (χ4n) is 2.32. The van der Waals surface area contributed by atoms with E-state index in [1.54, 1.807) is 0 Å². The smallest absolute Gasteiger partial charge is 0.0911 e. The average Bonchev–Trinajstić information content (AvgIpc) is 2.30. The first kappa shape index (κ1) is 12.0. The van der Waals surface area contributed by atoms with Crippen LogP contribution in [0.5, 0.6) is 0 Å². The highest BCUT2D eigenvalue weighted by atomic mass is 15.3. The summed E-state index contributed by atoms with van der Waals surface area (Å²) in [4.78, 5) is 0. The van der Waals surface area contributed by atoms with Gasteiger partial charge in [-0.1, -0.05) is 13.8 Å². The molecule has 1 N–H and O–H groups in total. The van der Waals surface area contributed by atoms with Gasteiger partial charge in [0.2, 0.25) is 0 Å². The Kier molecular flexibility index (Phi) is 4.39. The van der Waals surface area contributed by atoms with Gasteiger partial charge in [-0.2, -0.15) is 0 Å². The monoisotopic (exact) mass is 199 g/mol. The Morgan fingerprint density at radius 2 is 1.64 bits per heavy atom. The molecule has 0 aliphatic carbocycles. The van der Waals surface area contributed by atoms with E-state index in [0.717, 1.165) is 18.4 Å². The van der Waals surface area contributed by atoms with Gasteiger partial charge in [0.1, 0.15) is 0 Å². The van der Waals surface area contributed by atoms with Crippen LogP contribution in [0.1, 0.15) is 26.7 Å². The fourth-order valence-corrected chi connectivity index (χ4v) is 2.32. The van der Waals surface area contributed by atoms with Gasteiger partial charge in [0.15, 0.2) is 0 Å². The number of nitrogens with zero attached hydrogens (tertiary/aromatic N) is 1. The second-order valence-corrected chi connectivity index (χ2v) is 5.43. The number of likely N-dealkylation sites (tertiary alicyclic amines) is 1. The van der Waals surface area contributed by atoms with E-state index in [-0.39, 0.29) is 0 Å². The van der Waals surface area contributed by atoms with Crippen molar-refractivity contribution in [3.63, 3.8) is 0 Å². The molecule has 0 aromatic heterocycles. The lowest BCUT2D eigenvalue weighted by Crippen LogP contribution is -2.48. The summed E-state index contributed by atoms with van der Waals surface area (Å²) in [5.74, 6) is 1.84. The molecule has 3 atom stereocenters. The quantitative estimate of drug-likeness (QED) is 0.683. The van der Waals surface area contributed by atoms with Crippen LogP contribution < -0.4 is 5.32 Å². The van der Waals surface area contributed by atoms with E-state index in [4.69, 9.17) is 0 Å². The first-order chi connectivity index (χ1) is 6.57. The lowest BCUT2D eigenvalue weighted by atomic mass is 9.92. The van der Waals surface area contributed by atoms with Gasteiger partial charge in [-0.3, -0.25) is 0 Å². The molecule has 2 heteroatoms. The van der Waals surface area contributed by atoms with Gasteiger partial charge >= 0.3 is 0 Å². The highest BCUT2D eigenvalue weighted by Gasteiger charge is 2.28. The molecule has 1 unspecified atom stereocenters. The van der Waals surface area contributed by atoms with E-state index < -0.39 is 0 Å². The molecule has 0 aromatic rings. The molecule has 1 heterocycles. The van der Waals surface area contributed by atoms with Gasteiger partial charge in [-0.05, 0) is 31.7 Å². The predicted octanol–water partition coefficient (Wildman–Crippen LogP) is 1.72. The molecular weight excluding hydrogens is 172 g/mol. The summed E-state index contributed by atoms with van der Waals surface area (Å²) < 4.78 is 1.27. The van der Waals surface area contributed by atoms with E-state index in [2.05, 4.69) is 33.3 Å². The van der Waals surface area contributed by atoms with E-state index in [0.29, 0.717) is 0 Å². The van der Waals surface area contributed by atoms with Crippen molar-refractivity contribution >= 4 is 0 Å². The second-order valence-electron chi connectivity index (χ2n) is 5.43. The van der Waals surface area contributed by atoms with Crippen molar-refractivity contribution in [1.82, 2.24) is 5.32 Å². The molecule has 2 nitrogen and oxygen atoms in total. The largest absolute Gasteiger partial charge is 0.325 e. The third kappa shape index (κ3) is 3.25. The van der Waals surface area contributed by atoms with Crippen molar-refractivity contribution in [3.05, 3.63) is 0 Å². The SMILES string of the molecule is CNCC[N+]1(C)CC[C@@H](C)[C@@H](C)CC1. The average molecular weight is 199 g/mol. The van der Waals surface area contributed by atoms with Crippen molar-refractivity contribution in [2.75, 3.05) is 40.3 Å². The first-order valence-electron chi connectivity index (χ1n) is 6.05. The summed E-state index contributed by atoms with van der Waals surface area (Å²) >= 11 is 0. The van der Waals surface area contributed by atoms with E-state index in [1.807, 2.05) is 0 Å². The molecule has 0 radical (unpaired) electrons. The van der Waals surface area contributed by atoms with Gasteiger partial charge in [0.25, 0.3) is 0 Å². The van der Waals surface area contributed by atoms with Gasteiger partial charge in [0.05, 0.1) is 26.7 Å². The minimum absolute atomic E-state index is 0.921. The number of hydrogen-bond acceptors (Lipinski definition) is 1. The second kappa shape index (κ2) is 5.13. The lowest BCUT2D eigenvalue weighted by Gasteiger charge is -2.33. The summed E-state index contributed by atoms with van der Waals surface area (Å²) in [6, 6.07) is 0. The van der Waals surface area contributed by atoms with Crippen molar-refractivity contribution in [1.29, 1.82) is 0 Å². The molecule has 0 amide bonds. The predicted molar refractivity (Wildman–Crippen MR) is 62.3 cm³/mol. The van der Waals surface area contributed by atoms with Crippen LogP contribution in [0.2, 0.25) is 0 Å². The summed E-state index contributed by atoms with van der Waals surface area (Å²) in [7, 11) is 4.47. The first-order valence-corrected chi connectivity index (χ1v) is 6.05. The zero-order valence-electron chi connectivity index (χ0n) is 10.3. The van der Waals surface area contributed by atoms with Crippen molar-refractivity contribution < 1.29 is 4.48 Å². The Hall–Kier alpha value is -0.0800. The Labute approximate surface area is 89.3 Å². The molecule has 0 saturated carbocycles. The Morgan fingerprint density at radius 1 is 1.14 bits per heavy atom. The Balaban J connectivity index is 2.46. The molecule has 1 fully saturated rings. The highest BCUT2D eigenvalue weighted by molar-refractivity contribution is 4.66. The maximum atomic E-state index is 3.27. The molecule has 14 heavy (non-hydrogen) atoms. The minimum atomic E-state index is 0.921. The van der Waals surface area contributed by atoms with Crippen LogP contribution in [-0.2, 0) is 0 Å². The Bertz CT molecular complexity index is 156. The third-order valence-electron chi connectivity index (χ3n) is 4.12. The van der Waals surface area contributed by atoms with Crippen molar-refractivity contribution in [2.45, 2.75) is 26.7 Å². The van der Waals surface area contributed by atoms with E-state index >= 15 is 0 Å². The topological polar surface area (TPSA) is 12.0 Å². The van der Waals surface area contributed by atoms with E-state index in [9.17, 15) is 0 Å². The molecule has 1 aliphatic rings. The number of nitrogens with one attached hydrogen (secondary N) is 1. The van der Waals surface area contributed by atoms with E-state index in [1.165, 1.54) is 37.0 Å². The van der Waals surface area contributed by atoms with Crippen LogP contribution in [0.25, 0.3) is 0 Å². The molecule has 84 valence electrons. The standard InChI is InChI=1S/C12H27N2/c1-11-5-8-14(4,10-7-13-3)9-6-12(11)2/h11-13H,5-10H2,1-4H3/q+1/t11-,12+,14?. The number of quaternary nitrogens is 1. The zero-order chi connectivity index (χ0) is 10.6. The van der Waals surface area contributed by atoms with Gasteiger partial charge in [0, 0.05) is 6.54 Å². The summed E-state index contributed by atoms with van der Waals surface area (Å²) in [6.07, 6.45) is 2.81.